The summed E-state index contributed by atoms with van der Waals surface area (Å²) in [5.41, 5.74) is 0. The number of nitrogens with zero attached hydrogens (tertiary/aromatic N) is 1. The summed E-state index contributed by atoms with van der Waals surface area (Å²) < 4.78 is 0. The smallest absolute Gasteiger partial charge is 0.240 e. The lowest BCUT2D eigenvalue weighted by Gasteiger charge is -2.30. The van der Waals surface area contributed by atoms with E-state index in [1.54, 1.807) is 4.90 Å². The van der Waals surface area contributed by atoms with Crippen molar-refractivity contribution in [3.63, 3.8) is 0 Å². The predicted octanol–water partition coefficient (Wildman–Crippen LogP) is -0.523. The first-order valence-corrected chi connectivity index (χ1v) is 6.06. The highest BCUT2D eigenvalue weighted by Crippen LogP contribution is 2.11. The Morgan fingerprint density at radius 2 is 2.12 bits per heavy atom. The Bertz CT molecular complexity index is 272. The standard InChI is InChI=1S/C11H19N3O2/c15-10-8-14(7-6-13-10)11(16)9-4-2-1-3-5-12-9/h9,12H,1-8H2,(H,13,15). The summed E-state index contributed by atoms with van der Waals surface area (Å²) in [5.74, 6) is 0.0463. The number of carbonyl (C=O) groups excluding carboxylic acids is 2. The summed E-state index contributed by atoms with van der Waals surface area (Å²) >= 11 is 0. The Morgan fingerprint density at radius 3 is 2.94 bits per heavy atom. The van der Waals surface area contributed by atoms with Crippen LogP contribution in [0.5, 0.6) is 0 Å². The van der Waals surface area contributed by atoms with Gasteiger partial charge in [-0.1, -0.05) is 12.8 Å². The van der Waals surface area contributed by atoms with Crippen molar-refractivity contribution in [2.24, 2.45) is 0 Å². The van der Waals surface area contributed by atoms with Gasteiger partial charge in [-0.25, -0.2) is 0 Å². The van der Waals surface area contributed by atoms with Gasteiger partial charge in [0.05, 0.1) is 12.6 Å². The van der Waals surface area contributed by atoms with E-state index in [-0.39, 0.29) is 24.4 Å². The molecule has 2 N–H and O–H groups in total. The van der Waals surface area contributed by atoms with Crippen LogP contribution in [0.4, 0.5) is 0 Å². The number of nitrogens with one attached hydrogen (secondary N) is 2. The molecule has 2 aliphatic rings. The number of rotatable bonds is 1. The number of amides is 2. The second-order valence-corrected chi connectivity index (χ2v) is 4.47. The molecule has 1 atom stereocenters. The van der Waals surface area contributed by atoms with Crippen molar-refractivity contribution in [2.45, 2.75) is 31.7 Å². The van der Waals surface area contributed by atoms with Crippen LogP contribution in [0, 0.1) is 0 Å². The Morgan fingerprint density at radius 1 is 1.25 bits per heavy atom. The zero-order chi connectivity index (χ0) is 11.4. The molecule has 0 aliphatic carbocycles. The van der Waals surface area contributed by atoms with Gasteiger partial charge in [0.2, 0.25) is 11.8 Å². The first kappa shape index (κ1) is 11.4. The molecule has 0 bridgehead atoms. The normalized spacial score (nSPS) is 27.1. The molecule has 2 amide bonds. The van der Waals surface area contributed by atoms with Gasteiger partial charge in [-0.2, -0.15) is 0 Å². The molecule has 0 aromatic heterocycles. The minimum atomic E-state index is -0.0756. The third-order valence-corrected chi connectivity index (χ3v) is 3.21. The van der Waals surface area contributed by atoms with Gasteiger partial charge in [0, 0.05) is 13.1 Å². The van der Waals surface area contributed by atoms with E-state index < -0.39 is 0 Å². The first-order chi connectivity index (χ1) is 7.77. The van der Waals surface area contributed by atoms with Crippen LogP contribution in [0.25, 0.3) is 0 Å². The van der Waals surface area contributed by atoms with Crippen molar-refractivity contribution in [1.82, 2.24) is 15.5 Å². The molecule has 0 spiro atoms. The number of piperazine rings is 1. The van der Waals surface area contributed by atoms with Crippen LogP contribution < -0.4 is 10.6 Å². The van der Waals surface area contributed by atoms with Gasteiger partial charge in [-0.05, 0) is 19.4 Å². The van der Waals surface area contributed by atoms with Gasteiger partial charge in [-0.3, -0.25) is 9.59 Å². The molecule has 1 unspecified atom stereocenters. The summed E-state index contributed by atoms with van der Waals surface area (Å²) in [6.45, 7) is 2.35. The molecule has 2 heterocycles. The second-order valence-electron chi connectivity index (χ2n) is 4.47. The molecule has 90 valence electrons. The maximum atomic E-state index is 12.1. The molecule has 2 saturated heterocycles. The minimum absolute atomic E-state index is 0.0479. The second kappa shape index (κ2) is 5.30. The maximum absolute atomic E-state index is 12.1. The molecule has 5 heteroatoms. The summed E-state index contributed by atoms with van der Waals surface area (Å²) in [4.78, 5) is 25.0. The highest BCUT2D eigenvalue weighted by Gasteiger charge is 2.27. The molecule has 0 aromatic rings. The van der Waals surface area contributed by atoms with E-state index in [0.29, 0.717) is 13.1 Å². The molecule has 0 aromatic carbocycles. The predicted molar refractivity (Wildman–Crippen MR) is 59.8 cm³/mol. The lowest BCUT2D eigenvalue weighted by Crippen LogP contribution is -2.55. The fourth-order valence-corrected chi connectivity index (χ4v) is 2.29. The van der Waals surface area contributed by atoms with Crippen LogP contribution >= 0.6 is 0 Å². The molecular formula is C11H19N3O2. The van der Waals surface area contributed by atoms with Gasteiger partial charge >= 0.3 is 0 Å². The Kier molecular flexibility index (Phi) is 3.77. The monoisotopic (exact) mass is 225 g/mol. The van der Waals surface area contributed by atoms with E-state index in [9.17, 15) is 9.59 Å². The van der Waals surface area contributed by atoms with Crippen LogP contribution in [0.3, 0.4) is 0 Å². The van der Waals surface area contributed by atoms with Crippen molar-refractivity contribution >= 4 is 11.8 Å². The van der Waals surface area contributed by atoms with E-state index in [2.05, 4.69) is 10.6 Å². The SMILES string of the molecule is O=C1CN(C(=O)C2CCCCCN2)CCN1. The summed E-state index contributed by atoms with van der Waals surface area (Å²) in [5, 5.41) is 6.00. The van der Waals surface area contributed by atoms with Crippen LogP contribution in [0.1, 0.15) is 25.7 Å². The number of hydrogen-bond acceptors (Lipinski definition) is 3. The average Bonchev–Trinajstić information content (AvgIpc) is 2.56. The molecule has 2 aliphatic heterocycles. The van der Waals surface area contributed by atoms with Crippen LogP contribution in [0.15, 0.2) is 0 Å². The fourth-order valence-electron chi connectivity index (χ4n) is 2.29. The largest absolute Gasteiger partial charge is 0.353 e. The molecule has 2 fully saturated rings. The highest BCUT2D eigenvalue weighted by atomic mass is 16.2. The lowest BCUT2D eigenvalue weighted by atomic mass is 10.1. The number of hydrogen-bond donors (Lipinski definition) is 2. The highest BCUT2D eigenvalue weighted by molar-refractivity contribution is 5.88. The molecule has 0 radical (unpaired) electrons. The van der Waals surface area contributed by atoms with Crippen molar-refractivity contribution in [3.05, 3.63) is 0 Å². The van der Waals surface area contributed by atoms with Gasteiger partial charge in [0.15, 0.2) is 0 Å². The molecule has 5 nitrogen and oxygen atoms in total. The Labute approximate surface area is 95.6 Å². The number of carbonyl (C=O) groups is 2. The lowest BCUT2D eigenvalue weighted by molar-refractivity contribution is -0.139. The van der Waals surface area contributed by atoms with Crippen molar-refractivity contribution in [3.8, 4) is 0 Å². The molecular weight excluding hydrogens is 206 g/mol. The Balaban J connectivity index is 1.91. The summed E-state index contributed by atoms with van der Waals surface area (Å²) in [7, 11) is 0. The summed E-state index contributed by atoms with van der Waals surface area (Å²) in [6, 6.07) is -0.0756. The van der Waals surface area contributed by atoms with Gasteiger partial charge in [0.1, 0.15) is 0 Å². The van der Waals surface area contributed by atoms with E-state index >= 15 is 0 Å². The van der Waals surface area contributed by atoms with E-state index in [1.807, 2.05) is 0 Å². The van der Waals surface area contributed by atoms with Crippen molar-refractivity contribution in [1.29, 1.82) is 0 Å². The third-order valence-electron chi connectivity index (χ3n) is 3.21. The topological polar surface area (TPSA) is 61.4 Å². The van der Waals surface area contributed by atoms with E-state index in [4.69, 9.17) is 0 Å². The summed E-state index contributed by atoms with van der Waals surface area (Å²) in [6.07, 6.45) is 4.34. The van der Waals surface area contributed by atoms with Crippen LogP contribution in [0.2, 0.25) is 0 Å². The van der Waals surface area contributed by atoms with Crippen molar-refractivity contribution in [2.75, 3.05) is 26.2 Å². The average molecular weight is 225 g/mol. The third kappa shape index (κ3) is 2.72. The van der Waals surface area contributed by atoms with Crippen molar-refractivity contribution < 1.29 is 9.59 Å². The molecule has 2 rings (SSSR count). The van der Waals surface area contributed by atoms with E-state index in [1.165, 1.54) is 6.42 Å². The van der Waals surface area contributed by atoms with Crippen LogP contribution in [-0.4, -0.2) is 48.9 Å². The Hall–Kier alpha value is -1.10. The minimum Gasteiger partial charge on any atom is -0.353 e. The molecule has 16 heavy (non-hydrogen) atoms. The zero-order valence-corrected chi connectivity index (χ0v) is 9.50. The van der Waals surface area contributed by atoms with E-state index in [0.717, 1.165) is 25.8 Å². The van der Waals surface area contributed by atoms with Crippen LogP contribution in [-0.2, 0) is 9.59 Å². The van der Waals surface area contributed by atoms with Gasteiger partial charge < -0.3 is 15.5 Å². The fraction of sp³-hybridized carbons (Fsp3) is 0.818. The maximum Gasteiger partial charge on any atom is 0.240 e. The molecule has 0 saturated carbocycles. The zero-order valence-electron chi connectivity index (χ0n) is 9.50. The first-order valence-electron chi connectivity index (χ1n) is 6.06. The quantitative estimate of drug-likeness (QED) is 0.631. The van der Waals surface area contributed by atoms with Gasteiger partial charge in [0.25, 0.3) is 0 Å². The van der Waals surface area contributed by atoms with Gasteiger partial charge in [-0.15, -0.1) is 0 Å².